The van der Waals surface area contributed by atoms with Crippen LogP contribution >= 0.6 is 11.3 Å². The van der Waals surface area contributed by atoms with E-state index in [9.17, 15) is 4.79 Å². The molecule has 0 bridgehead atoms. The number of amides is 1. The van der Waals surface area contributed by atoms with Gasteiger partial charge in [0.25, 0.3) is 5.91 Å². The first-order valence-electron chi connectivity index (χ1n) is 10.1. The minimum absolute atomic E-state index is 0.0699. The van der Waals surface area contributed by atoms with E-state index in [0.29, 0.717) is 22.3 Å². The lowest BCUT2D eigenvalue weighted by atomic mass is 10.1. The molecule has 8 heteroatoms. The molecule has 0 unspecified atom stereocenters. The highest BCUT2D eigenvalue weighted by molar-refractivity contribution is 7.12. The highest BCUT2D eigenvalue weighted by Gasteiger charge is 2.12. The third-order valence-electron chi connectivity index (χ3n) is 5.08. The Morgan fingerprint density at radius 2 is 1.91 bits per heavy atom. The minimum atomic E-state index is -0.127. The summed E-state index contributed by atoms with van der Waals surface area (Å²) in [5, 5.41) is 8.15. The first-order valence-corrected chi connectivity index (χ1v) is 11.0. The van der Waals surface area contributed by atoms with Gasteiger partial charge >= 0.3 is 0 Å². The Labute approximate surface area is 188 Å². The Bertz CT molecular complexity index is 1360. The van der Waals surface area contributed by atoms with Crippen LogP contribution in [0.4, 0.5) is 11.6 Å². The Kier molecular flexibility index (Phi) is 5.35. The summed E-state index contributed by atoms with van der Waals surface area (Å²) in [6.45, 7) is 2.07. The van der Waals surface area contributed by atoms with Crippen LogP contribution in [0.3, 0.4) is 0 Å². The maximum absolute atomic E-state index is 12.3. The van der Waals surface area contributed by atoms with Gasteiger partial charge in [-0.2, -0.15) is 4.98 Å². The van der Waals surface area contributed by atoms with E-state index in [1.165, 1.54) is 11.3 Å². The monoisotopic (exact) mass is 440 g/mol. The third kappa shape index (κ3) is 4.08. The molecule has 2 aromatic carbocycles. The maximum atomic E-state index is 12.3. The van der Waals surface area contributed by atoms with Crippen molar-refractivity contribution in [3.8, 4) is 5.82 Å². The van der Waals surface area contributed by atoms with Crippen LogP contribution in [-0.2, 0) is 0 Å². The van der Waals surface area contributed by atoms with Crippen molar-refractivity contribution >= 4 is 39.9 Å². The zero-order chi connectivity index (χ0) is 21.9. The van der Waals surface area contributed by atoms with E-state index in [1.807, 2.05) is 58.5 Å². The van der Waals surface area contributed by atoms with Crippen molar-refractivity contribution in [2.24, 2.45) is 0 Å². The number of nitrogens with zero attached hydrogens (tertiary/aromatic N) is 4. The Balaban J connectivity index is 1.38. The minimum Gasteiger partial charge on any atom is -0.348 e. The molecule has 0 radical (unpaired) electrons. The largest absolute Gasteiger partial charge is 0.348 e. The van der Waals surface area contributed by atoms with Gasteiger partial charge in [0, 0.05) is 11.9 Å². The van der Waals surface area contributed by atoms with Gasteiger partial charge in [-0.3, -0.25) is 9.36 Å². The number of hydrogen-bond acceptors (Lipinski definition) is 6. The second-order valence-corrected chi connectivity index (χ2v) is 8.21. The van der Waals surface area contributed by atoms with Crippen LogP contribution in [0.1, 0.15) is 28.2 Å². The number of aromatic nitrogens is 4. The molecule has 2 N–H and O–H groups in total. The summed E-state index contributed by atoms with van der Waals surface area (Å²) in [7, 11) is 0. The molecule has 5 rings (SSSR count). The topological polar surface area (TPSA) is 84.7 Å². The van der Waals surface area contributed by atoms with Crippen LogP contribution in [0, 0.1) is 0 Å². The van der Waals surface area contributed by atoms with Crippen LogP contribution in [-0.4, -0.2) is 25.4 Å². The third-order valence-corrected chi connectivity index (χ3v) is 5.95. The van der Waals surface area contributed by atoms with Crippen molar-refractivity contribution in [3.05, 3.63) is 95.1 Å². The predicted octanol–water partition coefficient (Wildman–Crippen LogP) is 5.30. The molecule has 3 aromatic heterocycles. The van der Waals surface area contributed by atoms with Crippen molar-refractivity contribution in [1.82, 2.24) is 19.5 Å². The lowest BCUT2D eigenvalue weighted by molar-refractivity contribution is 0.103. The molecule has 3 heterocycles. The van der Waals surface area contributed by atoms with Gasteiger partial charge in [0.2, 0.25) is 5.95 Å². The highest BCUT2D eigenvalue weighted by atomic mass is 32.1. The molecular formula is C24H20N6OS. The van der Waals surface area contributed by atoms with Crippen LogP contribution in [0.5, 0.6) is 0 Å². The predicted molar refractivity (Wildman–Crippen MR) is 127 cm³/mol. The van der Waals surface area contributed by atoms with E-state index in [1.54, 1.807) is 18.6 Å². The van der Waals surface area contributed by atoms with Gasteiger partial charge in [0.1, 0.15) is 12.1 Å². The number of thiophene rings is 1. The van der Waals surface area contributed by atoms with E-state index >= 15 is 0 Å². The van der Waals surface area contributed by atoms with Crippen LogP contribution in [0.2, 0.25) is 0 Å². The standard InChI is InChI=1S/C24H20N6OS/c1-16(17-6-3-2-4-7-17)27-24-25-12-11-22(29-24)30-15-26-19-14-18(9-10-20(19)30)28-23(31)21-8-5-13-32-21/h2-16H,1H3,(H,28,31)(H,25,27,29)/t16-/m0/s1. The Hall–Kier alpha value is -4.04. The fourth-order valence-electron chi connectivity index (χ4n) is 3.45. The SMILES string of the molecule is C[C@H](Nc1nccc(-n2cnc3cc(NC(=O)c4cccs4)ccc32)n1)c1ccccc1. The lowest BCUT2D eigenvalue weighted by Gasteiger charge is -2.14. The molecule has 0 aliphatic heterocycles. The van der Waals surface area contributed by atoms with Crippen molar-refractivity contribution in [1.29, 1.82) is 0 Å². The fourth-order valence-corrected chi connectivity index (χ4v) is 4.06. The molecule has 0 saturated carbocycles. The molecular weight excluding hydrogens is 420 g/mol. The Morgan fingerprint density at radius 1 is 1.03 bits per heavy atom. The fraction of sp³-hybridized carbons (Fsp3) is 0.0833. The zero-order valence-corrected chi connectivity index (χ0v) is 18.1. The number of rotatable bonds is 6. The van der Waals surface area contributed by atoms with E-state index in [2.05, 4.69) is 44.6 Å². The molecule has 0 aliphatic rings. The second-order valence-electron chi connectivity index (χ2n) is 7.26. The van der Waals surface area contributed by atoms with Crippen molar-refractivity contribution in [3.63, 3.8) is 0 Å². The molecule has 1 amide bonds. The molecule has 1 atom stereocenters. The summed E-state index contributed by atoms with van der Waals surface area (Å²) in [5.74, 6) is 1.12. The van der Waals surface area contributed by atoms with E-state index < -0.39 is 0 Å². The van der Waals surface area contributed by atoms with Crippen molar-refractivity contribution < 1.29 is 4.79 Å². The van der Waals surface area contributed by atoms with Crippen LogP contribution in [0.25, 0.3) is 16.9 Å². The first kappa shape index (κ1) is 19.9. The highest BCUT2D eigenvalue weighted by Crippen LogP contribution is 2.23. The molecule has 32 heavy (non-hydrogen) atoms. The number of imidazole rings is 1. The van der Waals surface area contributed by atoms with Gasteiger partial charge in [0.05, 0.1) is 22.0 Å². The number of anilines is 2. The summed E-state index contributed by atoms with van der Waals surface area (Å²) in [6.07, 6.45) is 3.45. The summed E-state index contributed by atoms with van der Waals surface area (Å²) < 4.78 is 1.90. The number of hydrogen-bond donors (Lipinski definition) is 2. The van der Waals surface area contributed by atoms with Crippen LogP contribution in [0.15, 0.2) is 84.6 Å². The summed E-state index contributed by atoms with van der Waals surface area (Å²) in [6, 6.07) is 21.4. The molecule has 0 saturated heterocycles. The lowest BCUT2D eigenvalue weighted by Crippen LogP contribution is -2.10. The molecule has 158 valence electrons. The van der Waals surface area contributed by atoms with Crippen LogP contribution < -0.4 is 10.6 Å². The van der Waals surface area contributed by atoms with Gasteiger partial charge in [-0.25, -0.2) is 9.97 Å². The number of carbonyl (C=O) groups excluding carboxylic acids is 1. The molecule has 7 nitrogen and oxygen atoms in total. The quantitative estimate of drug-likeness (QED) is 0.374. The number of carbonyl (C=O) groups is 1. The summed E-state index contributed by atoms with van der Waals surface area (Å²) in [4.78, 5) is 26.5. The van der Waals surface area contributed by atoms with Gasteiger partial charge < -0.3 is 10.6 Å². The van der Waals surface area contributed by atoms with E-state index in [0.717, 1.165) is 16.6 Å². The smallest absolute Gasteiger partial charge is 0.265 e. The second kappa shape index (κ2) is 8.60. The summed E-state index contributed by atoms with van der Waals surface area (Å²) in [5.41, 5.74) is 3.51. The molecule has 0 spiro atoms. The van der Waals surface area contributed by atoms with Gasteiger partial charge in [-0.1, -0.05) is 36.4 Å². The maximum Gasteiger partial charge on any atom is 0.265 e. The molecule has 0 fully saturated rings. The van der Waals surface area contributed by atoms with Gasteiger partial charge in [0.15, 0.2) is 0 Å². The van der Waals surface area contributed by atoms with Crippen molar-refractivity contribution in [2.75, 3.05) is 10.6 Å². The number of nitrogens with one attached hydrogen (secondary N) is 2. The van der Waals surface area contributed by atoms with Gasteiger partial charge in [-0.15, -0.1) is 11.3 Å². The van der Waals surface area contributed by atoms with E-state index in [-0.39, 0.29) is 11.9 Å². The van der Waals surface area contributed by atoms with Gasteiger partial charge in [-0.05, 0) is 48.2 Å². The van der Waals surface area contributed by atoms with Crippen molar-refractivity contribution in [2.45, 2.75) is 13.0 Å². The van der Waals surface area contributed by atoms with E-state index in [4.69, 9.17) is 0 Å². The zero-order valence-electron chi connectivity index (χ0n) is 17.3. The average Bonchev–Trinajstić information content (AvgIpc) is 3.50. The summed E-state index contributed by atoms with van der Waals surface area (Å²) >= 11 is 1.41. The normalized spacial score (nSPS) is 11.9. The number of benzene rings is 2. The Morgan fingerprint density at radius 3 is 2.72 bits per heavy atom. The average molecular weight is 441 g/mol. The molecule has 0 aliphatic carbocycles. The molecule has 5 aromatic rings. The number of fused-ring (bicyclic) bond motifs is 1. The first-order chi connectivity index (χ1) is 15.7.